The molecule has 5 nitrogen and oxygen atoms in total. The number of hydrogen-bond acceptors (Lipinski definition) is 3. The molecule has 0 saturated heterocycles. The van der Waals surface area contributed by atoms with E-state index >= 15 is 0 Å². The molecule has 2 aromatic rings. The van der Waals surface area contributed by atoms with E-state index in [1.54, 1.807) is 0 Å². The number of halogens is 3. The molecule has 1 aliphatic rings. The standard InChI is InChI=1S/C19H14F3N3O2/c20-19(21,22)15-9-14(24-17(26)12-4-5-12)6-7-16(15)25-18(27)13-3-1-2-11(8-13)10-23/h1-3,6-9,12H,4-5H2,(H,24,26)(H,25,27). The highest BCUT2D eigenvalue weighted by Crippen LogP contribution is 2.37. The molecule has 0 atom stereocenters. The number of rotatable bonds is 4. The number of anilines is 2. The monoisotopic (exact) mass is 373 g/mol. The summed E-state index contributed by atoms with van der Waals surface area (Å²) in [4.78, 5) is 24.0. The zero-order valence-electron chi connectivity index (χ0n) is 13.9. The van der Waals surface area contributed by atoms with E-state index in [1.165, 1.54) is 30.3 Å². The van der Waals surface area contributed by atoms with Gasteiger partial charge in [0.15, 0.2) is 0 Å². The molecule has 138 valence electrons. The average molecular weight is 373 g/mol. The largest absolute Gasteiger partial charge is 0.418 e. The molecule has 3 rings (SSSR count). The van der Waals surface area contributed by atoms with Crippen molar-refractivity contribution < 1.29 is 22.8 Å². The number of alkyl halides is 3. The first kappa shape index (κ1) is 18.5. The Morgan fingerprint density at radius 1 is 1.07 bits per heavy atom. The maximum atomic E-state index is 13.4. The van der Waals surface area contributed by atoms with Gasteiger partial charge in [-0.05, 0) is 49.2 Å². The minimum Gasteiger partial charge on any atom is -0.326 e. The van der Waals surface area contributed by atoms with Gasteiger partial charge in [-0.3, -0.25) is 9.59 Å². The molecule has 27 heavy (non-hydrogen) atoms. The van der Waals surface area contributed by atoms with Gasteiger partial charge in [0, 0.05) is 17.2 Å². The van der Waals surface area contributed by atoms with Crippen molar-refractivity contribution in [3.8, 4) is 6.07 Å². The topological polar surface area (TPSA) is 82.0 Å². The normalized spacial score (nSPS) is 13.6. The van der Waals surface area contributed by atoms with Gasteiger partial charge in [0.2, 0.25) is 5.91 Å². The lowest BCUT2D eigenvalue weighted by Crippen LogP contribution is -2.18. The number of carbonyl (C=O) groups is 2. The zero-order chi connectivity index (χ0) is 19.6. The van der Waals surface area contributed by atoms with Crippen LogP contribution in [0.15, 0.2) is 42.5 Å². The van der Waals surface area contributed by atoms with Crippen molar-refractivity contribution in [3.63, 3.8) is 0 Å². The van der Waals surface area contributed by atoms with Crippen molar-refractivity contribution in [2.45, 2.75) is 19.0 Å². The summed E-state index contributed by atoms with van der Waals surface area (Å²) in [7, 11) is 0. The SMILES string of the molecule is N#Cc1cccc(C(=O)Nc2ccc(NC(=O)C3CC3)cc2C(F)(F)F)c1. The van der Waals surface area contributed by atoms with E-state index in [9.17, 15) is 22.8 Å². The van der Waals surface area contributed by atoms with Crippen LogP contribution in [0, 0.1) is 17.2 Å². The first-order valence-corrected chi connectivity index (χ1v) is 8.11. The van der Waals surface area contributed by atoms with Crippen LogP contribution < -0.4 is 10.6 Å². The van der Waals surface area contributed by atoms with Crippen LogP contribution in [0.1, 0.15) is 34.3 Å². The molecule has 0 aromatic heterocycles. The molecular formula is C19H14F3N3O2. The molecule has 1 aliphatic carbocycles. The molecule has 2 N–H and O–H groups in total. The Bertz CT molecular complexity index is 944. The van der Waals surface area contributed by atoms with Crippen LogP contribution in [0.4, 0.5) is 24.5 Å². The van der Waals surface area contributed by atoms with Crippen LogP contribution in [-0.4, -0.2) is 11.8 Å². The predicted molar refractivity (Wildman–Crippen MR) is 91.9 cm³/mol. The lowest BCUT2D eigenvalue weighted by Gasteiger charge is -2.16. The summed E-state index contributed by atoms with van der Waals surface area (Å²) >= 11 is 0. The summed E-state index contributed by atoms with van der Waals surface area (Å²) in [6, 6.07) is 10.7. The second-order valence-electron chi connectivity index (χ2n) is 6.17. The van der Waals surface area contributed by atoms with E-state index in [4.69, 9.17) is 5.26 Å². The third-order valence-corrected chi connectivity index (χ3v) is 4.04. The summed E-state index contributed by atoms with van der Waals surface area (Å²) < 4.78 is 40.2. The summed E-state index contributed by atoms with van der Waals surface area (Å²) in [5, 5.41) is 13.5. The van der Waals surface area contributed by atoms with E-state index in [1.807, 2.05) is 6.07 Å². The van der Waals surface area contributed by atoms with Crippen LogP contribution in [0.2, 0.25) is 0 Å². The molecule has 1 fully saturated rings. The predicted octanol–water partition coefficient (Wildman–Crippen LogP) is 4.18. The van der Waals surface area contributed by atoms with Gasteiger partial charge in [-0.15, -0.1) is 0 Å². The van der Waals surface area contributed by atoms with Gasteiger partial charge in [-0.25, -0.2) is 0 Å². The Kier molecular flexibility index (Phi) is 4.86. The van der Waals surface area contributed by atoms with E-state index in [0.717, 1.165) is 25.0 Å². The highest BCUT2D eigenvalue weighted by molar-refractivity contribution is 6.05. The van der Waals surface area contributed by atoms with Crippen molar-refractivity contribution in [2.75, 3.05) is 10.6 Å². The number of nitrogens with one attached hydrogen (secondary N) is 2. The third-order valence-electron chi connectivity index (χ3n) is 4.04. The molecular weight excluding hydrogens is 359 g/mol. The first-order chi connectivity index (χ1) is 12.8. The fraction of sp³-hybridized carbons (Fsp3) is 0.211. The molecule has 2 amide bonds. The number of amides is 2. The van der Waals surface area contributed by atoms with Gasteiger partial charge in [0.25, 0.3) is 5.91 Å². The highest BCUT2D eigenvalue weighted by Gasteiger charge is 2.35. The van der Waals surface area contributed by atoms with Crippen molar-refractivity contribution in [1.29, 1.82) is 5.26 Å². The van der Waals surface area contributed by atoms with Crippen LogP contribution >= 0.6 is 0 Å². The van der Waals surface area contributed by atoms with Crippen LogP contribution in [0.5, 0.6) is 0 Å². The minimum absolute atomic E-state index is 0.0173. The average Bonchev–Trinajstić information content (AvgIpc) is 3.47. The Labute approximate surface area is 152 Å². The Morgan fingerprint density at radius 3 is 2.44 bits per heavy atom. The van der Waals surface area contributed by atoms with Crippen LogP contribution in [-0.2, 0) is 11.0 Å². The smallest absolute Gasteiger partial charge is 0.326 e. The number of nitrogens with zero attached hydrogens (tertiary/aromatic N) is 1. The Morgan fingerprint density at radius 2 is 1.81 bits per heavy atom. The van der Waals surface area contributed by atoms with Gasteiger partial charge < -0.3 is 10.6 Å². The quantitative estimate of drug-likeness (QED) is 0.844. The third kappa shape index (κ3) is 4.44. The lowest BCUT2D eigenvalue weighted by molar-refractivity contribution is -0.137. The minimum atomic E-state index is -4.72. The molecule has 0 heterocycles. The maximum absolute atomic E-state index is 13.4. The highest BCUT2D eigenvalue weighted by atomic mass is 19.4. The van der Waals surface area contributed by atoms with Crippen molar-refractivity contribution >= 4 is 23.2 Å². The van der Waals surface area contributed by atoms with E-state index in [0.29, 0.717) is 0 Å². The molecule has 8 heteroatoms. The number of carbonyl (C=O) groups excluding carboxylic acids is 2. The van der Waals surface area contributed by atoms with Gasteiger partial charge in [-0.1, -0.05) is 6.07 Å². The van der Waals surface area contributed by atoms with Gasteiger partial charge in [0.05, 0.1) is 22.9 Å². The Hall–Kier alpha value is -3.34. The lowest BCUT2D eigenvalue weighted by atomic mass is 10.1. The van der Waals surface area contributed by atoms with E-state index < -0.39 is 23.3 Å². The Balaban J connectivity index is 1.86. The van der Waals surface area contributed by atoms with Gasteiger partial charge in [0.1, 0.15) is 0 Å². The molecule has 1 saturated carbocycles. The van der Waals surface area contributed by atoms with Crippen LogP contribution in [0.25, 0.3) is 0 Å². The molecule has 0 spiro atoms. The summed E-state index contributed by atoms with van der Waals surface area (Å²) in [5.41, 5.74) is -1.20. The van der Waals surface area contributed by atoms with Crippen LogP contribution in [0.3, 0.4) is 0 Å². The summed E-state index contributed by atoms with van der Waals surface area (Å²) in [6.07, 6.45) is -3.26. The van der Waals surface area contributed by atoms with E-state index in [2.05, 4.69) is 10.6 Å². The summed E-state index contributed by atoms with van der Waals surface area (Å²) in [5.74, 6) is -1.23. The molecule has 0 bridgehead atoms. The van der Waals surface area contributed by atoms with Crippen molar-refractivity contribution in [2.24, 2.45) is 5.92 Å². The fourth-order valence-electron chi connectivity index (χ4n) is 2.48. The molecule has 0 aliphatic heterocycles. The maximum Gasteiger partial charge on any atom is 0.418 e. The molecule has 0 unspecified atom stereocenters. The molecule has 2 aromatic carbocycles. The van der Waals surface area contributed by atoms with Crippen molar-refractivity contribution in [3.05, 3.63) is 59.2 Å². The van der Waals surface area contributed by atoms with Gasteiger partial charge in [-0.2, -0.15) is 18.4 Å². The van der Waals surface area contributed by atoms with Gasteiger partial charge >= 0.3 is 6.18 Å². The number of benzene rings is 2. The first-order valence-electron chi connectivity index (χ1n) is 8.11. The summed E-state index contributed by atoms with van der Waals surface area (Å²) in [6.45, 7) is 0. The second kappa shape index (κ2) is 7.11. The fourth-order valence-corrected chi connectivity index (χ4v) is 2.48. The zero-order valence-corrected chi connectivity index (χ0v) is 13.9. The van der Waals surface area contributed by atoms with Crippen molar-refractivity contribution in [1.82, 2.24) is 0 Å². The number of nitriles is 1. The molecule has 0 radical (unpaired) electrons. The van der Waals surface area contributed by atoms with E-state index in [-0.39, 0.29) is 28.6 Å². The second-order valence-corrected chi connectivity index (χ2v) is 6.17. The number of hydrogen-bond donors (Lipinski definition) is 2.